The van der Waals surface area contributed by atoms with E-state index in [0.717, 1.165) is 35.4 Å². The van der Waals surface area contributed by atoms with Gasteiger partial charge in [0.05, 0.1) is 15.6 Å². The van der Waals surface area contributed by atoms with Gasteiger partial charge in [-0.3, -0.25) is 0 Å². The Morgan fingerprint density at radius 1 is 1.00 bits per heavy atom. The molecule has 0 saturated carbocycles. The van der Waals surface area contributed by atoms with E-state index in [9.17, 15) is 0 Å². The van der Waals surface area contributed by atoms with Gasteiger partial charge in [-0.25, -0.2) is 4.98 Å². The molecule has 118 valence electrons. The lowest BCUT2D eigenvalue weighted by Crippen LogP contribution is -2.06. The predicted octanol–water partition coefficient (Wildman–Crippen LogP) is 5.50. The van der Waals surface area contributed by atoms with Gasteiger partial charge in [-0.05, 0) is 36.8 Å². The quantitative estimate of drug-likeness (QED) is 0.640. The van der Waals surface area contributed by atoms with Gasteiger partial charge < -0.3 is 10.6 Å². The smallest absolute Gasteiger partial charge is 0.229 e. The number of benzene rings is 2. The molecular weight excluding hydrogens is 331 g/mol. The summed E-state index contributed by atoms with van der Waals surface area (Å²) in [5.41, 5.74) is 1.67. The normalized spacial score (nSPS) is 10.7. The molecular formula is C17H16Cl2N4. The van der Waals surface area contributed by atoms with E-state index in [2.05, 4.69) is 27.5 Å². The lowest BCUT2D eigenvalue weighted by Gasteiger charge is -2.11. The summed E-state index contributed by atoms with van der Waals surface area (Å²) in [4.78, 5) is 9.13. The van der Waals surface area contributed by atoms with Crippen LogP contribution in [0, 0.1) is 0 Å². The van der Waals surface area contributed by atoms with Crippen molar-refractivity contribution in [3.63, 3.8) is 0 Å². The highest BCUT2D eigenvalue weighted by molar-refractivity contribution is 6.42. The molecule has 0 aliphatic heterocycles. The van der Waals surface area contributed by atoms with Gasteiger partial charge in [0.2, 0.25) is 5.95 Å². The van der Waals surface area contributed by atoms with E-state index in [1.165, 1.54) is 0 Å². The Balaban J connectivity index is 1.98. The largest absolute Gasteiger partial charge is 0.369 e. The first-order chi connectivity index (χ1) is 11.2. The first kappa shape index (κ1) is 15.8. The van der Waals surface area contributed by atoms with E-state index in [1.807, 2.05) is 30.3 Å². The summed E-state index contributed by atoms with van der Waals surface area (Å²) in [6, 6.07) is 13.2. The average Bonchev–Trinajstić information content (AvgIpc) is 2.56. The third-order valence-corrected chi connectivity index (χ3v) is 4.06. The molecule has 2 aromatic carbocycles. The summed E-state index contributed by atoms with van der Waals surface area (Å²) in [7, 11) is 0. The van der Waals surface area contributed by atoms with Crippen molar-refractivity contribution in [2.24, 2.45) is 0 Å². The van der Waals surface area contributed by atoms with E-state index < -0.39 is 0 Å². The average molecular weight is 347 g/mol. The van der Waals surface area contributed by atoms with Crippen LogP contribution in [0.2, 0.25) is 10.0 Å². The van der Waals surface area contributed by atoms with Crippen LogP contribution < -0.4 is 10.6 Å². The van der Waals surface area contributed by atoms with Crippen molar-refractivity contribution in [2.75, 3.05) is 17.2 Å². The third kappa shape index (κ3) is 3.66. The van der Waals surface area contributed by atoms with Crippen molar-refractivity contribution in [1.29, 1.82) is 0 Å². The molecule has 0 atom stereocenters. The molecule has 4 nitrogen and oxygen atoms in total. The number of anilines is 3. The molecule has 23 heavy (non-hydrogen) atoms. The first-order valence-corrected chi connectivity index (χ1v) is 8.15. The standard InChI is InChI=1S/C17H16Cl2N4/c1-2-9-20-16-12-5-3-4-6-15(12)22-17(23-16)21-11-7-8-13(18)14(19)10-11/h3-8,10H,2,9H2,1H3,(H2,20,21,22,23). The van der Waals surface area contributed by atoms with Crippen LogP contribution in [0.1, 0.15) is 13.3 Å². The maximum absolute atomic E-state index is 6.05. The molecule has 3 aromatic rings. The van der Waals surface area contributed by atoms with Crippen LogP contribution in [-0.4, -0.2) is 16.5 Å². The second-order valence-corrected chi connectivity index (χ2v) is 5.91. The van der Waals surface area contributed by atoms with Gasteiger partial charge in [0.1, 0.15) is 5.82 Å². The number of aromatic nitrogens is 2. The summed E-state index contributed by atoms with van der Waals surface area (Å²) in [5.74, 6) is 1.33. The highest BCUT2D eigenvalue weighted by atomic mass is 35.5. The minimum Gasteiger partial charge on any atom is -0.369 e. The second-order valence-electron chi connectivity index (χ2n) is 5.09. The molecule has 0 fully saturated rings. The summed E-state index contributed by atoms with van der Waals surface area (Å²) in [6.45, 7) is 2.97. The van der Waals surface area contributed by atoms with Gasteiger partial charge in [0.25, 0.3) is 0 Å². The SMILES string of the molecule is CCCNc1nc(Nc2ccc(Cl)c(Cl)c2)nc2ccccc12. The van der Waals surface area contributed by atoms with E-state index in [-0.39, 0.29) is 0 Å². The van der Waals surface area contributed by atoms with Crippen molar-refractivity contribution in [3.8, 4) is 0 Å². The molecule has 3 rings (SSSR count). The molecule has 0 spiro atoms. The molecule has 0 radical (unpaired) electrons. The van der Waals surface area contributed by atoms with Gasteiger partial charge in [0, 0.05) is 17.6 Å². The number of para-hydroxylation sites is 1. The van der Waals surface area contributed by atoms with Crippen LogP contribution in [0.4, 0.5) is 17.5 Å². The molecule has 1 aromatic heterocycles. The Labute approximate surface area is 144 Å². The molecule has 0 unspecified atom stereocenters. The first-order valence-electron chi connectivity index (χ1n) is 7.40. The number of hydrogen-bond donors (Lipinski definition) is 2. The molecule has 0 aliphatic rings. The lowest BCUT2D eigenvalue weighted by atomic mass is 10.2. The third-order valence-electron chi connectivity index (χ3n) is 3.32. The van der Waals surface area contributed by atoms with Crippen molar-refractivity contribution >= 4 is 51.6 Å². The molecule has 0 amide bonds. The second kappa shape index (κ2) is 7.02. The number of nitrogens with one attached hydrogen (secondary N) is 2. The molecule has 0 aliphatic carbocycles. The maximum atomic E-state index is 6.05. The molecule has 0 saturated heterocycles. The van der Waals surface area contributed by atoms with Crippen LogP contribution in [0.3, 0.4) is 0 Å². The van der Waals surface area contributed by atoms with E-state index in [4.69, 9.17) is 23.2 Å². The van der Waals surface area contributed by atoms with E-state index in [0.29, 0.717) is 16.0 Å². The minimum atomic E-state index is 0.488. The topological polar surface area (TPSA) is 49.8 Å². The monoisotopic (exact) mass is 346 g/mol. The van der Waals surface area contributed by atoms with Gasteiger partial charge in [-0.2, -0.15) is 4.98 Å². The fourth-order valence-electron chi connectivity index (χ4n) is 2.21. The molecule has 6 heteroatoms. The van der Waals surface area contributed by atoms with E-state index in [1.54, 1.807) is 12.1 Å². The highest BCUT2D eigenvalue weighted by Crippen LogP contribution is 2.28. The predicted molar refractivity (Wildman–Crippen MR) is 98.1 cm³/mol. The summed E-state index contributed by atoms with van der Waals surface area (Å²) >= 11 is 12.0. The summed E-state index contributed by atoms with van der Waals surface area (Å²) in [6.07, 6.45) is 1.02. The minimum absolute atomic E-state index is 0.488. The zero-order valence-electron chi connectivity index (χ0n) is 12.6. The Hall–Kier alpha value is -2.04. The highest BCUT2D eigenvalue weighted by Gasteiger charge is 2.08. The van der Waals surface area contributed by atoms with Gasteiger partial charge in [-0.15, -0.1) is 0 Å². The fourth-order valence-corrected chi connectivity index (χ4v) is 2.51. The fraction of sp³-hybridized carbons (Fsp3) is 0.176. The zero-order chi connectivity index (χ0) is 16.2. The Bertz CT molecular complexity index is 836. The van der Waals surface area contributed by atoms with Crippen LogP contribution in [0.5, 0.6) is 0 Å². The van der Waals surface area contributed by atoms with Gasteiger partial charge in [-0.1, -0.05) is 42.3 Å². The van der Waals surface area contributed by atoms with Crippen molar-refractivity contribution in [1.82, 2.24) is 9.97 Å². The van der Waals surface area contributed by atoms with Gasteiger partial charge >= 0.3 is 0 Å². The Morgan fingerprint density at radius 3 is 2.61 bits per heavy atom. The summed E-state index contributed by atoms with van der Waals surface area (Å²) < 4.78 is 0. The van der Waals surface area contributed by atoms with Crippen molar-refractivity contribution in [3.05, 3.63) is 52.5 Å². The van der Waals surface area contributed by atoms with Crippen molar-refractivity contribution in [2.45, 2.75) is 13.3 Å². The lowest BCUT2D eigenvalue weighted by molar-refractivity contribution is 0.970. The van der Waals surface area contributed by atoms with Crippen LogP contribution >= 0.6 is 23.2 Å². The van der Waals surface area contributed by atoms with Crippen LogP contribution in [0.15, 0.2) is 42.5 Å². The number of fused-ring (bicyclic) bond motifs is 1. The number of nitrogens with zero attached hydrogens (tertiary/aromatic N) is 2. The number of hydrogen-bond acceptors (Lipinski definition) is 4. The van der Waals surface area contributed by atoms with E-state index >= 15 is 0 Å². The van der Waals surface area contributed by atoms with Crippen LogP contribution in [-0.2, 0) is 0 Å². The molecule has 1 heterocycles. The molecule has 0 bridgehead atoms. The Morgan fingerprint density at radius 2 is 1.83 bits per heavy atom. The van der Waals surface area contributed by atoms with Gasteiger partial charge in [0.15, 0.2) is 0 Å². The Kier molecular flexibility index (Phi) is 4.84. The zero-order valence-corrected chi connectivity index (χ0v) is 14.1. The number of halogens is 2. The summed E-state index contributed by atoms with van der Waals surface area (Å²) in [5, 5.41) is 8.53. The molecule has 2 N–H and O–H groups in total. The van der Waals surface area contributed by atoms with Crippen molar-refractivity contribution < 1.29 is 0 Å². The number of rotatable bonds is 5. The maximum Gasteiger partial charge on any atom is 0.229 e. The van der Waals surface area contributed by atoms with Crippen LogP contribution in [0.25, 0.3) is 10.9 Å².